The van der Waals surface area contributed by atoms with Crippen molar-refractivity contribution in [3.63, 3.8) is 0 Å². The average molecular weight is 367 g/mol. The van der Waals surface area contributed by atoms with Crippen LogP contribution in [-0.4, -0.2) is 68.5 Å². The molecule has 2 amide bonds. The smallest absolute Gasteiger partial charge is 0.254 e. The van der Waals surface area contributed by atoms with Crippen molar-refractivity contribution >= 4 is 21.7 Å². The van der Waals surface area contributed by atoms with Crippen LogP contribution in [0.2, 0.25) is 0 Å². The molecule has 7 nitrogen and oxygen atoms in total. The molecular formula is C17H25N3O4S. The highest BCUT2D eigenvalue weighted by atomic mass is 32.2. The summed E-state index contributed by atoms with van der Waals surface area (Å²) in [4.78, 5) is 28.4. The Hall–Kier alpha value is -1.93. The van der Waals surface area contributed by atoms with Crippen LogP contribution in [0.3, 0.4) is 0 Å². The predicted octanol–water partition coefficient (Wildman–Crippen LogP) is 0.358. The van der Waals surface area contributed by atoms with Gasteiger partial charge in [-0.3, -0.25) is 9.59 Å². The lowest BCUT2D eigenvalue weighted by atomic mass is 10.0. The number of hydrogen-bond acceptors (Lipinski definition) is 5. The number of carbonyl (C=O) groups is 2. The summed E-state index contributed by atoms with van der Waals surface area (Å²) in [7, 11) is -3.36. The molecular weight excluding hydrogens is 342 g/mol. The van der Waals surface area contributed by atoms with Gasteiger partial charge in [-0.25, -0.2) is 8.42 Å². The molecule has 0 aromatic heterocycles. The van der Waals surface area contributed by atoms with Crippen molar-refractivity contribution in [2.75, 3.05) is 32.4 Å². The Morgan fingerprint density at radius 3 is 2.16 bits per heavy atom. The molecule has 2 atom stereocenters. The first-order chi connectivity index (χ1) is 11.6. The third-order valence-electron chi connectivity index (χ3n) is 4.57. The van der Waals surface area contributed by atoms with Gasteiger partial charge in [0.1, 0.15) is 0 Å². The van der Waals surface area contributed by atoms with Crippen LogP contribution in [0.15, 0.2) is 29.2 Å². The maximum absolute atomic E-state index is 12.6. The lowest BCUT2D eigenvalue weighted by Crippen LogP contribution is -2.53. The van der Waals surface area contributed by atoms with Crippen LogP contribution in [0.1, 0.15) is 24.2 Å². The summed E-state index contributed by atoms with van der Waals surface area (Å²) in [5, 5.41) is 0. The molecule has 1 heterocycles. The van der Waals surface area contributed by atoms with Crippen LogP contribution in [-0.2, 0) is 14.6 Å². The molecule has 138 valence electrons. The Morgan fingerprint density at radius 1 is 1.08 bits per heavy atom. The van der Waals surface area contributed by atoms with Crippen LogP contribution in [0.5, 0.6) is 0 Å². The molecule has 25 heavy (non-hydrogen) atoms. The maximum atomic E-state index is 12.6. The van der Waals surface area contributed by atoms with E-state index in [2.05, 4.69) is 0 Å². The average Bonchev–Trinajstić information content (AvgIpc) is 2.59. The van der Waals surface area contributed by atoms with Gasteiger partial charge in [0.25, 0.3) is 5.91 Å². The van der Waals surface area contributed by atoms with Crippen molar-refractivity contribution in [2.45, 2.75) is 24.8 Å². The van der Waals surface area contributed by atoms with Gasteiger partial charge in [0.15, 0.2) is 9.84 Å². The SMILES string of the molecule is CC(N)C(C)C(=O)N1CCN(C(=O)c2cccc(S(C)(=O)=O)c2)CC1. The second kappa shape index (κ2) is 7.53. The summed E-state index contributed by atoms with van der Waals surface area (Å²) in [5.41, 5.74) is 6.12. The normalized spacial score (nSPS) is 17.9. The molecule has 2 rings (SSSR count). The van der Waals surface area contributed by atoms with Gasteiger partial charge in [-0.15, -0.1) is 0 Å². The fourth-order valence-corrected chi connectivity index (χ4v) is 3.35. The Bertz CT molecular complexity index is 753. The first-order valence-corrected chi connectivity index (χ1v) is 10.1. The van der Waals surface area contributed by atoms with E-state index >= 15 is 0 Å². The van der Waals surface area contributed by atoms with Crippen molar-refractivity contribution in [3.8, 4) is 0 Å². The van der Waals surface area contributed by atoms with Gasteiger partial charge in [0.05, 0.1) is 10.8 Å². The van der Waals surface area contributed by atoms with E-state index in [0.717, 1.165) is 6.26 Å². The van der Waals surface area contributed by atoms with E-state index < -0.39 is 9.84 Å². The largest absolute Gasteiger partial charge is 0.339 e. The first-order valence-electron chi connectivity index (χ1n) is 8.25. The Kier molecular flexibility index (Phi) is 5.84. The summed E-state index contributed by atoms with van der Waals surface area (Å²) in [5.74, 6) is -0.479. The summed E-state index contributed by atoms with van der Waals surface area (Å²) < 4.78 is 23.3. The number of amides is 2. The summed E-state index contributed by atoms with van der Waals surface area (Å²) in [6.07, 6.45) is 1.11. The number of rotatable bonds is 4. The van der Waals surface area contributed by atoms with Gasteiger partial charge in [-0.2, -0.15) is 0 Å². The predicted molar refractivity (Wildman–Crippen MR) is 94.8 cm³/mol. The lowest BCUT2D eigenvalue weighted by molar-refractivity contribution is -0.137. The molecule has 1 aliphatic rings. The molecule has 0 spiro atoms. The number of nitrogens with two attached hydrogens (primary N) is 1. The van der Waals surface area contributed by atoms with Crippen molar-refractivity contribution < 1.29 is 18.0 Å². The van der Waals surface area contributed by atoms with Gasteiger partial charge in [-0.05, 0) is 25.1 Å². The van der Waals surface area contributed by atoms with Crippen LogP contribution >= 0.6 is 0 Å². The second-order valence-corrected chi connectivity index (χ2v) is 8.58. The molecule has 1 aromatic carbocycles. The summed E-state index contributed by atoms with van der Waals surface area (Å²) in [6, 6.07) is 5.82. The number of carbonyl (C=O) groups excluding carboxylic acids is 2. The van der Waals surface area contributed by atoms with Crippen molar-refractivity contribution in [3.05, 3.63) is 29.8 Å². The van der Waals surface area contributed by atoms with Crippen molar-refractivity contribution in [1.29, 1.82) is 0 Å². The van der Waals surface area contributed by atoms with Gasteiger partial charge in [0, 0.05) is 44.0 Å². The number of nitrogens with zero attached hydrogens (tertiary/aromatic N) is 2. The summed E-state index contributed by atoms with van der Waals surface area (Å²) >= 11 is 0. The third-order valence-corrected chi connectivity index (χ3v) is 5.68. The highest BCUT2D eigenvalue weighted by molar-refractivity contribution is 7.90. The minimum absolute atomic E-state index is 0.00109. The molecule has 0 bridgehead atoms. The highest BCUT2D eigenvalue weighted by Crippen LogP contribution is 2.15. The Morgan fingerprint density at radius 2 is 1.64 bits per heavy atom. The molecule has 1 aromatic rings. The molecule has 2 N–H and O–H groups in total. The minimum Gasteiger partial charge on any atom is -0.339 e. The fourth-order valence-electron chi connectivity index (χ4n) is 2.69. The number of hydrogen-bond donors (Lipinski definition) is 1. The standard InChI is InChI=1S/C17H25N3O4S/c1-12(13(2)18)16(21)19-7-9-20(10-8-19)17(22)14-5-4-6-15(11-14)25(3,23)24/h4-6,11-13H,7-10,18H2,1-3H3. The van der Waals surface area contributed by atoms with E-state index in [0.29, 0.717) is 31.7 Å². The first kappa shape index (κ1) is 19.4. The molecule has 0 aliphatic carbocycles. The van der Waals surface area contributed by atoms with Crippen LogP contribution < -0.4 is 5.73 Å². The van der Waals surface area contributed by atoms with Crippen LogP contribution in [0.4, 0.5) is 0 Å². The monoisotopic (exact) mass is 367 g/mol. The molecule has 1 aliphatic heterocycles. The number of sulfone groups is 1. The quantitative estimate of drug-likeness (QED) is 0.828. The topological polar surface area (TPSA) is 101 Å². The molecule has 1 fully saturated rings. The van der Waals surface area contributed by atoms with Crippen LogP contribution in [0, 0.1) is 5.92 Å². The molecule has 2 unspecified atom stereocenters. The van der Waals surface area contributed by atoms with Crippen molar-refractivity contribution in [1.82, 2.24) is 9.80 Å². The van der Waals surface area contributed by atoms with E-state index in [1.54, 1.807) is 35.8 Å². The molecule has 1 saturated heterocycles. The van der Waals surface area contributed by atoms with Gasteiger partial charge in [0.2, 0.25) is 5.91 Å². The number of benzene rings is 1. The number of piperazine rings is 1. The molecule has 0 radical (unpaired) electrons. The van der Waals surface area contributed by atoms with E-state index in [1.165, 1.54) is 12.1 Å². The zero-order valence-electron chi connectivity index (χ0n) is 14.8. The van der Waals surface area contributed by atoms with Crippen molar-refractivity contribution in [2.24, 2.45) is 11.7 Å². The highest BCUT2D eigenvalue weighted by Gasteiger charge is 2.28. The third kappa shape index (κ3) is 4.58. The van der Waals surface area contributed by atoms with E-state index in [4.69, 9.17) is 5.73 Å². The maximum Gasteiger partial charge on any atom is 0.254 e. The van der Waals surface area contributed by atoms with Gasteiger partial charge >= 0.3 is 0 Å². The van der Waals surface area contributed by atoms with Gasteiger partial charge < -0.3 is 15.5 Å². The fraction of sp³-hybridized carbons (Fsp3) is 0.529. The Balaban J connectivity index is 2.04. The molecule has 0 saturated carbocycles. The van der Waals surface area contributed by atoms with Gasteiger partial charge in [-0.1, -0.05) is 13.0 Å². The summed E-state index contributed by atoms with van der Waals surface area (Å²) in [6.45, 7) is 5.35. The minimum atomic E-state index is -3.36. The molecule has 8 heteroatoms. The van der Waals surface area contributed by atoms with Crippen LogP contribution in [0.25, 0.3) is 0 Å². The second-order valence-electron chi connectivity index (χ2n) is 6.57. The zero-order valence-corrected chi connectivity index (χ0v) is 15.6. The lowest BCUT2D eigenvalue weighted by Gasteiger charge is -2.36. The zero-order chi connectivity index (χ0) is 18.8. The van der Waals surface area contributed by atoms with E-state index in [-0.39, 0.29) is 28.7 Å². The Labute approximate surface area is 148 Å². The van der Waals surface area contributed by atoms with E-state index in [9.17, 15) is 18.0 Å². The van der Waals surface area contributed by atoms with E-state index in [1.807, 2.05) is 0 Å².